The molecule has 128 valence electrons. The van der Waals surface area contributed by atoms with Gasteiger partial charge in [0.2, 0.25) is 5.91 Å². The second-order valence-corrected chi connectivity index (χ2v) is 7.48. The summed E-state index contributed by atoms with van der Waals surface area (Å²) in [5, 5.41) is 2.62. The molecule has 1 aliphatic rings. The quantitative estimate of drug-likeness (QED) is 0.858. The molecule has 1 aromatic carbocycles. The lowest BCUT2D eigenvalue weighted by atomic mass is 10.0. The number of rotatable bonds is 5. The molecule has 2 N–H and O–H groups in total. The number of piperidine rings is 1. The van der Waals surface area contributed by atoms with Crippen LogP contribution in [0.1, 0.15) is 26.7 Å². The molecule has 7 nitrogen and oxygen atoms in total. The van der Waals surface area contributed by atoms with Gasteiger partial charge in [0.1, 0.15) is 5.75 Å². The van der Waals surface area contributed by atoms with Crippen LogP contribution in [-0.4, -0.2) is 38.8 Å². The van der Waals surface area contributed by atoms with Crippen LogP contribution in [0.4, 0.5) is 11.4 Å². The Hall–Kier alpha value is -1.80. The normalized spacial score (nSPS) is 19.2. The smallest absolute Gasteiger partial charge is 0.301 e. The predicted molar refractivity (Wildman–Crippen MR) is 89.8 cm³/mol. The molecular formula is C15H23N3O4S. The maximum Gasteiger partial charge on any atom is 0.301 e. The Bertz CT molecular complexity index is 675. The van der Waals surface area contributed by atoms with Gasteiger partial charge in [-0.3, -0.25) is 9.52 Å². The Morgan fingerprint density at radius 2 is 2.09 bits per heavy atom. The van der Waals surface area contributed by atoms with Crippen molar-refractivity contribution >= 4 is 27.5 Å². The molecule has 0 radical (unpaired) electrons. The molecule has 1 atom stereocenters. The average Bonchev–Trinajstić information content (AvgIpc) is 2.48. The van der Waals surface area contributed by atoms with E-state index in [1.54, 1.807) is 18.2 Å². The molecule has 1 fully saturated rings. The van der Waals surface area contributed by atoms with E-state index in [1.807, 2.05) is 6.92 Å². The number of carbonyl (C=O) groups is 1. The van der Waals surface area contributed by atoms with E-state index in [4.69, 9.17) is 4.74 Å². The van der Waals surface area contributed by atoms with Gasteiger partial charge in [0.15, 0.2) is 0 Å². The van der Waals surface area contributed by atoms with Crippen LogP contribution in [0.15, 0.2) is 18.2 Å². The highest BCUT2D eigenvalue weighted by atomic mass is 32.2. The predicted octanol–water partition coefficient (Wildman–Crippen LogP) is 2.04. The Labute approximate surface area is 137 Å². The molecule has 0 aliphatic carbocycles. The summed E-state index contributed by atoms with van der Waals surface area (Å²) in [5.74, 6) is 0.562. The van der Waals surface area contributed by atoms with Crippen LogP contribution in [0.25, 0.3) is 0 Å². The van der Waals surface area contributed by atoms with Crippen molar-refractivity contribution < 1.29 is 17.9 Å². The Morgan fingerprint density at radius 1 is 1.35 bits per heavy atom. The van der Waals surface area contributed by atoms with Crippen molar-refractivity contribution in [2.45, 2.75) is 26.7 Å². The zero-order valence-corrected chi connectivity index (χ0v) is 14.4. The molecule has 0 aromatic heterocycles. The fourth-order valence-corrected chi connectivity index (χ4v) is 4.00. The van der Waals surface area contributed by atoms with Gasteiger partial charge in [0.25, 0.3) is 0 Å². The topological polar surface area (TPSA) is 87.7 Å². The first kappa shape index (κ1) is 17.6. The molecule has 1 aromatic rings. The van der Waals surface area contributed by atoms with Crippen LogP contribution in [-0.2, 0) is 15.0 Å². The number of nitrogens with zero attached hydrogens (tertiary/aromatic N) is 1. The summed E-state index contributed by atoms with van der Waals surface area (Å²) in [6.45, 7) is 4.40. The number of amides is 1. The van der Waals surface area contributed by atoms with Gasteiger partial charge in [0.05, 0.1) is 18.5 Å². The maximum atomic E-state index is 12.6. The van der Waals surface area contributed by atoms with Gasteiger partial charge >= 0.3 is 10.2 Å². The van der Waals surface area contributed by atoms with Crippen LogP contribution < -0.4 is 14.8 Å². The van der Waals surface area contributed by atoms with Gasteiger partial charge < -0.3 is 10.1 Å². The molecule has 1 heterocycles. The van der Waals surface area contributed by atoms with E-state index in [0.717, 1.165) is 12.8 Å². The van der Waals surface area contributed by atoms with Crippen molar-refractivity contribution in [1.29, 1.82) is 0 Å². The lowest BCUT2D eigenvalue weighted by molar-refractivity contribution is -0.114. The number of carbonyl (C=O) groups excluding carboxylic acids is 1. The van der Waals surface area contributed by atoms with E-state index in [0.29, 0.717) is 30.4 Å². The molecule has 23 heavy (non-hydrogen) atoms. The van der Waals surface area contributed by atoms with Gasteiger partial charge in [-0.2, -0.15) is 12.7 Å². The van der Waals surface area contributed by atoms with Gasteiger partial charge in [-0.25, -0.2) is 0 Å². The molecule has 0 unspecified atom stereocenters. The monoisotopic (exact) mass is 341 g/mol. The van der Waals surface area contributed by atoms with Crippen LogP contribution in [0.2, 0.25) is 0 Å². The minimum absolute atomic E-state index is 0.276. The largest absolute Gasteiger partial charge is 0.497 e. The number of nitrogens with one attached hydrogen (secondary N) is 2. The van der Waals surface area contributed by atoms with Gasteiger partial charge in [-0.1, -0.05) is 6.92 Å². The Balaban J connectivity index is 2.27. The van der Waals surface area contributed by atoms with Crippen molar-refractivity contribution in [2.75, 3.05) is 30.2 Å². The second-order valence-electron chi connectivity index (χ2n) is 5.81. The van der Waals surface area contributed by atoms with Crippen LogP contribution >= 0.6 is 0 Å². The third kappa shape index (κ3) is 4.59. The summed E-state index contributed by atoms with van der Waals surface area (Å²) in [5.41, 5.74) is 0.685. The zero-order valence-electron chi connectivity index (χ0n) is 13.6. The highest BCUT2D eigenvalue weighted by Gasteiger charge is 2.27. The highest BCUT2D eigenvalue weighted by Crippen LogP contribution is 2.29. The lowest BCUT2D eigenvalue weighted by Crippen LogP contribution is -2.42. The first-order valence-corrected chi connectivity index (χ1v) is 8.99. The molecule has 1 amide bonds. The molecule has 0 bridgehead atoms. The Morgan fingerprint density at radius 3 is 2.70 bits per heavy atom. The zero-order chi connectivity index (χ0) is 17.0. The van der Waals surface area contributed by atoms with E-state index in [1.165, 1.54) is 18.3 Å². The number of benzene rings is 1. The van der Waals surface area contributed by atoms with E-state index in [2.05, 4.69) is 10.0 Å². The number of anilines is 2. The highest BCUT2D eigenvalue weighted by molar-refractivity contribution is 7.90. The second kappa shape index (κ2) is 7.18. The third-order valence-corrected chi connectivity index (χ3v) is 5.23. The molecular weight excluding hydrogens is 318 g/mol. The fraction of sp³-hybridized carbons (Fsp3) is 0.533. The molecule has 0 spiro atoms. The van der Waals surface area contributed by atoms with Crippen molar-refractivity contribution in [3.63, 3.8) is 0 Å². The molecule has 1 saturated heterocycles. The van der Waals surface area contributed by atoms with Crippen molar-refractivity contribution in [1.82, 2.24) is 4.31 Å². The molecule has 2 rings (SSSR count). The number of hydrogen-bond acceptors (Lipinski definition) is 4. The van der Waals surface area contributed by atoms with Crippen molar-refractivity contribution in [3.8, 4) is 5.75 Å². The lowest BCUT2D eigenvalue weighted by Gasteiger charge is -2.30. The van der Waals surface area contributed by atoms with Crippen LogP contribution in [0.3, 0.4) is 0 Å². The van der Waals surface area contributed by atoms with Gasteiger partial charge in [-0.15, -0.1) is 0 Å². The van der Waals surface area contributed by atoms with Crippen LogP contribution in [0.5, 0.6) is 5.75 Å². The summed E-state index contributed by atoms with van der Waals surface area (Å²) in [6.07, 6.45) is 1.88. The standard InChI is InChI=1S/C15H23N3O4S/c1-11-5-4-8-18(10-11)23(20,21)17-15-9-13(22-3)6-7-14(15)16-12(2)19/h6-7,9,11,17H,4-5,8,10H2,1-3H3,(H,16,19)/t11-/m1/s1. The average molecular weight is 341 g/mol. The van der Waals surface area contributed by atoms with E-state index < -0.39 is 10.2 Å². The number of ether oxygens (including phenoxy) is 1. The summed E-state index contributed by atoms with van der Waals surface area (Å²) >= 11 is 0. The van der Waals surface area contributed by atoms with Gasteiger partial charge in [-0.05, 0) is 30.9 Å². The minimum Gasteiger partial charge on any atom is -0.497 e. The van der Waals surface area contributed by atoms with E-state index in [9.17, 15) is 13.2 Å². The summed E-state index contributed by atoms with van der Waals surface area (Å²) in [6, 6.07) is 4.82. The first-order valence-electron chi connectivity index (χ1n) is 7.55. The first-order chi connectivity index (χ1) is 10.8. The third-order valence-electron chi connectivity index (χ3n) is 3.74. The SMILES string of the molecule is COc1ccc(NC(C)=O)c(NS(=O)(=O)N2CCC[C@@H](C)C2)c1. The molecule has 1 aliphatic heterocycles. The molecule has 0 saturated carbocycles. The fourth-order valence-electron chi connectivity index (χ4n) is 2.60. The summed E-state index contributed by atoms with van der Waals surface area (Å²) < 4.78 is 34.3. The summed E-state index contributed by atoms with van der Waals surface area (Å²) in [4.78, 5) is 11.3. The van der Waals surface area contributed by atoms with E-state index in [-0.39, 0.29) is 11.6 Å². The number of methoxy groups -OCH3 is 1. The number of hydrogen-bond donors (Lipinski definition) is 2. The van der Waals surface area contributed by atoms with Crippen LogP contribution in [0, 0.1) is 5.92 Å². The Kier molecular flexibility index (Phi) is 5.48. The summed E-state index contributed by atoms with van der Waals surface area (Å²) in [7, 11) is -2.18. The minimum atomic E-state index is -3.68. The molecule has 8 heteroatoms. The van der Waals surface area contributed by atoms with Crippen molar-refractivity contribution in [3.05, 3.63) is 18.2 Å². The van der Waals surface area contributed by atoms with E-state index >= 15 is 0 Å². The maximum absolute atomic E-state index is 12.6. The van der Waals surface area contributed by atoms with Gasteiger partial charge in [0, 0.05) is 26.1 Å². The van der Waals surface area contributed by atoms with Crippen molar-refractivity contribution in [2.24, 2.45) is 5.92 Å².